The molecule has 0 fully saturated rings. The van der Waals surface area contributed by atoms with Crippen molar-refractivity contribution in [3.8, 4) is 0 Å². The molecule has 148 valence electrons. The molecule has 0 saturated heterocycles. The number of para-hydroxylation sites is 1. The van der Waals surface area contributed by atoms with E-state index in [1.54, 1.807) is 13.0 Å². The molecule has 3 rings (SSSR count). The zero-order valence-corrected chi connectivity index (χ0v) is 16.7. The normalized spacial score (nSPS) is 13.6. The van der Waals surface area contributed by atoms with Gasteiger partial charge in [-0.1, -0.05) is 24.3 Å². The Morgan fingerprint density at radius 1 is 1.11 bits per heavy atom. The summed E-state index contributed by atoms with van der Waals surface area (Å²) in [7, 11) is -3.43. The molecule has 1 aliphatic heterocycles. The fourth-order valence-corrected chi connectivity index (χ4v) is 3.91. The second kappa shape index (κ2) is 8.02. The average molecular weight is 401 g/mol. The minimum Gasteiger partial charge on any atom is -0.362 e. The van der Waals surface area contributed by atoms with E-state index in [-0.39, 0.29) is 22.9 Å². The van der Waals surface area contributed by atoms with E-state index in [1.807, 2.05) is 23.1 Å². The first-order chi connectivity index (χ1) is 13.3. The first-order valence-corrected chi connectivity index (χ1v) is 10.9. The van der Waals surface area contributed by atoms with Crippen LogP contribution < -0.4 is 15.8 Å². The molecule has 0 aromatic heterocycles. The number of sulfone groups is 1. The smallest absolute Gasteiger partial charge is 0.269 e. The predicted molar refractivity (Wildman–Crippen MR) is 107 cm³/mol. The van der Waals surface area contributed by atoms with Crippen LogP contribution in [0.1, 0.15) is 27.9 Å². The van der Waals surface area contributed by atoms with E-state index in [0.717, 1.165) is 31.3 Å². The van der Waals surface area contributed by atoms with Crippen LogP contribution >= 0.6 is 0 Å². The van der Waals surface area contributed by atoms with Gasteiger partial charge in [-0.2, -0.15) is 0 Å². The van der Waals surface area contributed by atoms with Gasteiger partial charge in [0, 0.05) is 24.1 Å². The van der Waals surface area contributed by atoms with Crippen molar-refractivity contribution in [3.63, 3.8) is 0 Å². The summed E-state index contributed by atoms with van der Waals surface area (Å²) < 4.78 is 23.4. The van der Waals surface area contributed by atoms with Gasteiger partial charge in [-0.05, 0) is 49.1 Å². The Morgan fingerprint density at radius 3 is 2.61 bits per heavy atom. The maximum Gasteiger partial charge on any atom is 0.269 e. The van der Waals surface area contributed by atoms with Gasteiger partial charge in [0.1, 0.15) is 0 Å². The molecule has 0 bridgehead atoms. The van der Waals surface area contributed by atoms with Gasteiger partial charge in [0.2, 0.25) is 0 Å². The first kappa shape index (κ1) is 19.9. The summed E-state index contributed by atoms with van der Waals surface area (Å²) in [5, 5.41) is 0. The molecule has 7 nitrogen and oxygen atoms in total. The third kappa shape index (κ3) is 4.51. The lowest BCUT2D eigenvalue weighted by Crippen LogP contribution is -2.47. The molecule has 2 N–H and O–H groups in total. The summed E-state index contributed by atoms with van der Waals surface area (Å²) in [5.74, 6) is -0.905. The van der Waals surface area contributed by atoms with Gasteiger partial charge < -0.3 is 4.90 Å². The summed E-state index contributed by atoms with van der Waals surface area (Å²) in [6, 6.07) is 12.3. The summed E-state index contributed by atoms with van der Waals surface area (Å²) in [4.78, 5) is 26.7. The second-order valence-corrected chi connectivity index (χ2v) is 8.92. The predicted octanol–water partition coefficient (Wildman–Crippen LogP) is 1.61. The number of hydrogen-bond acceptors (Lipinski definition) is 5. The zero-order valence-electron chi connectivity index (χ0n) is 15.9. The number of rotatable bonds is 4. The Kier molecular flexibility index (Phi) is 5.69. The van der Waals surface area contributed by atoms with Crippen molar-refractivity contribution in [3.05, 3.63) is 59.2 Å². The Bertz CT molecular complexity index is 1020. The summed E-state index contributed by atoms with van der Waals surface area (Å²) in [6.07, 6.45) is 3.03. The van der Waals surface area contributed by atoms with Crippen molar-refractivity contribution in [1.82, 2.24) is 10.9 Å². The second-order valence-electron chi connectivity index (χ2n) is 6.91. The first-order valence-electron chi connectivity index (χ1n) is 8.98. The topological polar surface area (TPSA) is 95.6 Å². The van der Waals surface area contributed by atoms with Crippen LogP contribution in [0.2, 0.25) is 0 Å². The SMILES string of the molecule is Cc1ccc(S(C)(=O)=O)cc1C(=O)NNC(=O)CN1CCCc2ccccc21. The maximum atomic E-state index is 12.4. The lowest BCUT2D eigenvalue weighted by Gasteiger charge is -2.30. The molecular weight excluding hydrogens is 378 g/mol. The average Bonchev–Trinajstić information content (AvgIpc) is 2.66. The fraction of sp³-hybridized carbons (Fsp3) is 0.300. The van der Waals surface area contributed by atoms with Gasteiger partial charge >= 0.3 is 0 Å². The number of hydrogen-bond donors (Lipinski definition) is 2. The molecule has 1 heterocycles. The van der Waals surface area contributed by atoms with E-state index >= 15 is 0 Å². The monoisotopic (exact) mass is 401 g/mol. The zero-order chi connectivity index (χ0) is 20.3. The number of aryl methyl sites for hydroxylation is 2. The van der Waals surface area contributed by atoms with Crippen molar-refractivity contribution in [1.29, 1.82) is 0 Å². The van der Waals surface area contributed by atoms with Crippen LogP contribution in [-0.4, -0.2) is 39.6 Å². The van der Waals surface area contributed by atoms with Crippen molar-refractivity contribution in [2.24, 2.45) is 0 Å². The van der Waals surface area contributed by atoms with Crippen LogP contribution in [-0.2, 0) is 21.1 Å². The molecule has 0 saturated carbocycles. The Balaban J connectivity index is 1.64. The van der Waals surface area contributed by atoms with E-state index in [4.69, 9.17) is 0 Å². The number of hydrazine groups is 1. The number of nitrogens with one attached hydrogen (secondary N) is 2. The van der Waals surface area contributed by atoms with E-state index in [9.17, 15) is 18.0 Å². The van der Waals surface area contributed by atoms with E-state index in [0.29, 0.717) is 5.56 Å². The molecule has 0 unspecified atom stereocenters. The fourth-order valence-electron chi connectivity index (χ4n) is 3.26. The number of carbonyl (C=O) groups is 2. The van der Waals surface area contributed by atoms with Gasteiger partial charge in [0.05, 0.1) is 11.4 Å². The van der Waals surface area contributed by atoms with Crippen molar-refractivity contribution in [2.75, 3.05) is 24.2 Å². The van der Waals surface area contributed by atoms with Crippen molar-refractivity contribution in [2.45, 2.75) is 24.7 Å². The highest BCUT2D eigenvalue weighted by Crippen LogP contribution is 2.26. The summed E-state index contributed by atoms with van der Waals surface area (Å²) >= 11 is 0. The van der Waals surface area contributed by atoms with Gasteiger partial charge in [0.25, 0.3) is 11.8 Å². The third-order valence-corrected chi connectivity index (χ3v) is 5.85. The van der Waals surface area contributed by atoms with Crippen LogP contribution in [0, 0.1) is 6.92 Å². The van der Waals surface area contributed by atoms with Crippen LogP contribution in [0.4, 0.5) is 5.69 Å². The van der Waals surface area contributed by atoms with Gasteiger partial charge in [-0.25, -0.2) is 8.42 Å². The highest BCUT2D eigenvalue weighted by molar-refractivity contribution is 7.90. The largest absolute Gasteiger partial charge is 0.362 e. The van der Waals surface area contributed by atoms with E-state index in [2.05, 4.69) is 16.9 Å². The maximum absolute atomic E-state index is 12.4. The van der Waals surface area contributed by atoms with Gasteiger partial charge in [-0.15, -0.1) is 0 Å². The van der Waals surface area contributed by atoms with Crippen LogP contribution in [0.3, 0.4) is 0 Å². The highest BCUT2D eigenvalue weighted by Gasteiger charge is 2.19. The standard InChI is InChI=1S/C20H23N3O4S/c1-14-9-10-16(28(2,26)27)12-17(14)20(25)22-21-19(24)13-23-11-5-7-15-6-3-4-8-18(15)23/h3-4,6,8-10,12H,5,7,11,13H2,1-2H3,(H,21,24)(H,22,25). The van der Waals surface area contributed by atoms with E-state index in [1.165, 1.54) is 17.7 Å². The summed E-state index contributed by atoms with van der Waals surface area (Å²) in [6.45, 7) is 2.60. The molecule has 0 radical (unpaired) electrons. The molecule has 1 aliphatic rings. The molecule has 28 heavy (non-hydrogen) atoms. The number of amides is 2. The van der Waals surface area contributed by atoms with Crippen LogP contribution in [0.25, 0.3) is 0 Å². The number of fused-ring (bicyclic) bond motifs is 1. The van der Waals surface area contributed by atoms with Crippen LogP contribution in [0.5, 0.6) is 0 Å². The minimum absolute atomic E-state index is 0.0551. The number of nitrogens with zero attached hydrogens (tertiary/aromatic N) is 1. The lowest BCUT2D eigenvalue weighted by atomic mass is 10.0. The van der Waals surface area contributed by atoms with Gasteiger partial charge in [0.15, 0.2) is 9.84 Å². The Hall–Kier alpha value is -2.87. The Morgan fingerprint density at radius 2 is 1.86 bits per heavy atom. The molecule has 2 aromatic carbocycles. The molecular formula is C20H23N3O4S. The molecule has 0 spiro atoms. The van der Waals surface area contributed by atoms with E-state index < -0.39 is 15.7 Å². The quantitative estimate of drug-likeness (QED) is 0.759. The molecule has 0 aliphatic carbocycles. The molecule has 8 heteroatoms. The molecule has 2 aromatic rings. The summed E-state index contributed by atoms with van der Waals surface area (Å²) in [5.41, 5.74) is 7.84. The van der Waals surface area contributed by atoms with Crippen LogP contribution in [0.15, 0.2) is 47.4 Å². The minimum atomic E-state index is -3.43. The van der Waals surface area contributed by atoms with Gasteiger partial charge in [-0.3, -0.25) is 20.4 Å². The highest BCUT2D eigenvalue weighted by atomic mass is 32.2. The van der Waals surface area contributed by atoms with Crippen molar-refractivity contribution < 1.29 is 18.0 Å². The van der Waals surface area contributed by atoms with Crippen molar-refractivity contribution >= 4 is 27.3 Å². The molecule has 2 amide bonds. The lowest BCUT2D eigenvalue weighted by molar-refractivity contribution is -0.120. The Labute approximate surface area is 164 Å². The molecule has 0 atom stereocenters. The number of anilines is 1. The third-order valence-electron chi connectivity index (χ3n) is 4.74. The number of benzene rings is 2. The number of carbonyl (C=O) groups excluding carboxylic acids is 2.